The fraction of sp³-hybridized carbons (Fsp3) is 0.143. The Bertz CT molecular complexity index is 386. The van der Waals surface area contributed by atoms with Crippen molar-refractivity contribution in [3.05, 3.63) is 66.3 Å². The van der Waals surface area contributed by atoms with Crippen LogP contribution in [0.15, 0.2) is 60.7 Å². The second kappa shape index (κ2) is 5.86. The van der Waals surface area contributed by atoms with Gasteiger partial charge < -0.3 is 5.11 Å². The molecule has 1 N–H and O–H groups in total. The zero-order chi connectivity index (χ0) is 11.1. The second-order valence-corrected chi connectivity index (χ2v) is 3.28. The van der Waals surface area contributed by atoms with Crippen molar-refractivity contribution < 1.29 is 5.11 Å². The molecule has 0 aromatic heterocycles. The fourth-order valence-electron chi connectivity index (χ4n) is 1.30. The lowest BCUT2D eigenvalue weighted by atomic mass is 10.0. The highest BCUT2D eigenvalue weighted by molar-refractivity contribution is 5.38. The van der Waals surface area contributed by atoms with E-state index in [0.29, 0.717) is 12.2 Å². The van der Waals surface area contributed by atoms with Crippen LogP contribution in [0, 0.1) is 0 Å². The van der Waals surface area contributed by atoms with Crippen LogP contribution in [0.3, 0.4) is 0 Å². The molecule has 15 heavy (non-hydrogen) atoms. The highest BCUT2D eigenvalue weighted by atomic mass is 16.3. The standard InChI is InChI=1S/C14H16O/c1-3-5-8-12(4-2)11-13-9-6-7-10-14(13)15/h3-10,15H,2,11H2,1H3/b5-3-,12-8+. The van der Waals surface area contributed by atoms with Crippen LogP contribution in [0.1, 0.15) is 12.5 Å². The summed E-state index contributed by atoms with van der Waals surface area (Å²) in [6, 6.07) is 7.36. The summed E-state index contributed by atoms with van der Waals surface area (Å²) in [5.41, 5.74) is 2.02. The van der Waals surface area contributed by atoms with Crippen LogP contribution in [0.2, 0.25) is 0 Å². The number of phenolic OH excluding ortho intramolecular Hbond substituents is 1. The van der Waals surface area contributed by atoms with Gasteiger partial charge in [0.15, 0.2) is 0 Å². The summed E-state index contributed by atoms with van der Waals surface area (Å²) in [5.74, 6) is 0.339. The molecule has 1 aromatic carbocycles. The normalized spacial score (nSPS) is 11.9. The number of rotatable bonds is 4. The van der Waals surface area contributed by atoms with Gasteiger partial charge >= 0.3 is 0 Å². The first-order valence-electron chi connectivity index (χ1n) is 4.99. The predicted molar refractivity (Wildman–Crippen MR) is 64.9 cm³/mol. The molecular weight excluding hydrogens is 184 g/mol. The highest BCUT2D eigenvalue weighted by Crippen LogP contribution is 2.19. The molecule has 1 nitrogen and oxygen atoms in total. The molecule has 0 aliphatic carbocycles. The van der Waals surface area contributed by atoms with Crippen molar-refractivity contribution in [2.24, 2.45) is 0 Å². The Morgan fingerprint density at radius 2 is 2.13 bits per heavy atom. The first-order valence-corrected chi connectivity index (χ1v) is 4.99. The molecule has 1 heteroatoms. The summed E-state index contributed by atoms with van der Waals surface area (Å²) in [6.45, 7) is 5.73. The van der Waals surface area contributed by atoms with E-state index in [9.17, 15) is 5.11 Å². The maximum absolute atomic E-state index is 9.60. The average Bonchev–Trinajstić information content (AvgIpc) is 2.26. The van der Waals surface area contributed by atoms with Gasteiger partial charge in [-0.3, -0.25) is 0 Å². The molecule has 78 valence electrons. The van der Waals surface area contributed by atoms with Crippen molar-refractivity contribution in [2.45, 2.75) is 13.3 Å². The van der Waals surface area contributed by atoms with Crippen LogP contribution >= 0.6 is 0 Å². The van der Waals surface area contributed by atoms with Crippen LogP contribution in [0.25, 0.3) is 0 Å². The van der Waals surface area contributed by atoms with Gasteiger partial charge in [-0.2, -0.15) is 0 Å². The average molecular weight is 200 g/mol. The Morgan fingerprint density at radius 1 is 1.40 bits per heavy atom. The van der Waals surface area contributed by atoms with Gasteiger partial charge in [-0.25, -0.2) is 0 Å². The molecule has 0 saturated heterocycles. The van der Waals surface area contributed by atoms with Crippen molar-refractivity contribution in [2.75, 3.05) is 0 Å². The molecule has 0 amide bonds. The molecule has 0 atom stereocenters. The van der Waals surface area contributed by atoms with E-state index in [4.69, 9.17) is 0 Å². The van der Waals surface area contributed by atoms with E-state index in [1.807, 2.05) is 49.4 Å². The summed E-state index contributed by atoms with van der Waals surface area (Å²) in [4.78, 5) is 0. The van der Waals surface area contributed by atoms with Gasteiger partial charge in [0, 0.05) is 6.42 Å². The first-order chi connectivity index (χ1) is 7.27. The summed E-state index contributed by atoms with van der Waals surface area (Å²) in [7, 11) is 0. The van der Waals surface area contributed by atoms with Gasteiger partial charge in [-0.15, -0.1) is 0 Å². The Kier molecular flexibility index (Phi) is 4.42. The molecule has 0 spiro atoms. The molecule has 0 bridgehead atoms. The number of allylic oxidation sites excluding steroid dienone is 5. The van der Waals surface area contributed by atoms with Crippen molar-refractivity contribution in [3.63, 3.8) is 0 Å². The SMILES string of the molecule is C=C/C(=C\C=C/C)Cc1ccccc1O. The Labute approximate surface area is 91.1 Å². The maximum Gasteiger partial charge on any atom is 0.119 e. The number of para-hydroxylation sites is 1. The van der Waals surface area contributed by atoms with Gasteiger partial charge in [0.2, 0.25) is 0 Å². The summed E-state index contributed by atoms with van der Waals surface area (Å²) >= 11 is 0. The van der Waals surface area contributed by atoms with Crippen molar-refractivity contribution >= 4 is 0 Å². The summed E-state index contributed by atoms with van der Waals surface area (Å²) in [6.07, 6.45) is 8.46. The number of aromatic hydroxyl groups is 1. The predicted octanol–water partition coefficient (Wildman–Crippen LogP) is 3.62. The van der Waals surface area contributed by atoms with Crippen LogP contribution in [0.5, 0.6) is 5.75 Å². The van der Waals surface area contributed by atoms with Crippen LogP contribution in [-0.4, -0.2) is 5.11 Å². The maximum atomic E-state index is 9.60. The minimum absolute atomic E-state index is 0.339. The van der Waals surface area contributed by atoms with Crippen LogP contribution in [0.4, 0.5) is 0 Å². The van der Waals surface area contributed by atoms with Gasteiger partial charge in [0.05, 0.1) is 0 Å². The number of phenols is 1. The molecule has 0 radical (unpaired) electrons. The Morgan fingerprint density at radius 3 is 2.73 bits per heavy atom. The number of hydrogen-bond acceptors (Lipinski definition) is 1. The first kappa shape index (κ1) is 11.3. The third kappa shape index (κ3) is 3.47. The van der Waals surface area contributed by atoms with Crippen molar-refractivity contribution in [1.29, 1.82) is 0 Å². The lowest BCUT2D eigenvalue weighted by Gasteiger charge is -2.04. The topological polar surface area (TPSA) is 20.2 Å². The monoisotopic (exact) mass is 200 g/mol. The zero-order valence-electron chi connectivity index (χ0n) is 8.98. The fourth-order valence-corrected chi connectivity index (χ4v) is 1.30. The lowest BCUT2D eigenvalue weighted by Crippen LogP contribution is -1.87. The summed E-state index contributed by atoms with van der Waals surface area (Å²) < 4.78 is 0. The van der Waals surface area contributed by atoms with E-state index in [-0.39, 0.29) is 0 Å². The summed E-state index contributed by atoms with van der Waals surface area (Å²) in [5, 5.41) is 9.60. The lowest BCUT2D eigenvalue weighted by molar-refractivity contribution is 0.469. The van der Waals surface area contributed by atoms with Gasteiger partial charge in [-0.1, -0.05) is 49.1 Å². The molecule has 0 heterocycles. The molecule has 1 rings (SSSR count). The van der Waals surface area contributed by atoms with E-state index in [0.717, 1.165) is 11.1 Å². The van der Waals surface area contributed by atoms with Crippen molar-refractivity contribution in [3.8, 4) is 5.75 Å². The van der Waals surface area contributed by atoms with Gasteiger partial charge in [0.1, 0.15) is 5.75 Å². The van der Waals surface area contributed by atoms with E-state index in [2.05, 4.69) is 6.58 Å². The van der Waals surface area contributed by atoms with Crippen molar-refractivity contribution in [1.82, 2.24) is 0 Å². The third-order valence-electron chi connectivity index (χ3n) is 2.15. The highest BCUT2D eigenvalue weighted by Gasteiger charge is 2.00. The minimum atomic E-state index is 0.339. The quantitative estimate of drug-likeness (QED) is 0.736. The number of hydrogen-bond donors (Lipinski definition) is 1. The van der Waals surface area contributed by atoms with E-state index >= 15 is 0 Å². The molecular formula is C14H16O. The van der Waals surface area contributed by atoms with E-state index in [1.165, 1.54) is 0 Å². The van der Waals surface area contributed by atoms with Gasteiger partial charge in [0.25, 0.3) is 0 Å². The zero-order valence-corrected chi connectivity index (χ0v) is 8.98. The molecule has 1 aromatic rings. The smallest absolute Gasteiger partial charge is 0.119 e. The largest absolute Gasteiger partial charge is 0.508 e. The molecule has 0 saturated carbocycles. The molecule has 0 unspecified atom stereocenters. The second-order valence-electron chi connectivity index (χ2n) is 3.28. The Balaban J connectivity index is 2.84. The third-order valence-corrected chi connectivity index (χ3v) is 2.15. The Hall–Kier alpha value is -1.76. The van der Waals surface area contributed by atoms with Crippen LogP contribution in [-0.2, 0) is 6.42 Å². The minimum Gasteiger partial charge on any atom is -0.508 e. The van der Waals surface area contributed by atoms with E-state index < -0.39 is 0 Å². The van der Waals surface area contributed by atoms with E-state index in [1.54, 1.807) is 6.07 Å². The molecule has 0 fully saturated rings. The van der Waals surface area contributed by atoms with Gasteiger partial charge in [-0.05, 0) is 24.1 Å². The molecule has 0 aliphatic rings. The van der Waals surface area contributed by atoms with Crippen LogP contribution < -0.4 is 0 Å². The number of benzene rings is 1. The molecule has 0 aliphatic heterocycles.